The minimum absolute atomic E-state index is 0.294. The highest BCUT2D eigenvalue weighted by molar-refractivity contribution is 6.06. The molecule has 0 N–H and O–H groups in total. The highest BCUT2D eigenvalue weighted by Gasteiger charge is 2.43. The number of carbonyl (C=O) groups is 1. The lowest BCUT2D eigenvalue weighted by molar-refractivity contribution is 0.0840. The molecule has 0 heterocycles. The fourth-order valence-electron chi connectivity index (χ4n) is 3.51. The van der Waals surface area contributed by atoms with Crippen molar-refractivity contribution in [1.29, 1.82) is 0 Å². The molecule has 0 spiro atoms. The minimum Gasteiger partial charge on any atom is -0.309 e. The predicted molar refractivity (Wildman–Crippen MR) is 90.4 cm³/mol. The first-order chi connectivity index (χ1) is 10.6. The van der Waals surface area contributed by atoms with E-state index in [1.54, 1.807) is 0 Å². The smallest absolute Gasteiger partial charge is 0.173 e. The number of Topliss-reactive ketones (excluding diaryl/α,β-unsaturated/α-hetero) is 1. The van der Waals surface area contributed by atoms with Gasteiger partial charge in [-0.05, 0) is 51.0 Å². The van der Waals surface area contributed by atoms with Crippen molar-refractivity contribution in [2.45, 2.75) is 24.7 Å². The van der Waals surface area contributed by atoms with Crippen LogP contribution in [-0.4, -0.2) is 31.3 Å². The highest BCUT2D eigenvalue weighted by Crippen LogP contribution is 2.41. The summed E-state index contributed by atoms with van der Waals surface area (Å²) < 4.78 is 0. The third kappa shape index (κ3) is 2.59. The number of benzene rings is 2. The van der Waals surface area contributed by atoms with Crippen LogP contribution in [0.3, 0.4) is 0 Å². The van der Waals surface area contributed by atoms with E-state index in [0.717, 1.165) is 36.9 Å². The maximum Gasteiger partial charge on any atom is 0.173 e. The van der Waals surface area contributed by atoms with Crippen LogP contribution in [0.1, 0.15) is 34.3 Å². The third-order valence-corrected chi connectivity index (χ3v) is 4.83. The van der Waals surface area contributed by atoms with Crippen molar-refractivity contribution in [2.24, 2.45) is 0 Å². The standard InChI is InChI=1S/C20H23NO/c1-21(2)15-14-20(17-9-4-3-5-10-17)13-12-16-8-6-7-11-18(16)19(20)22/h3-11H,12-15H2,1-2H3/t20-/m0/s1. The fraction of sp³-hybridized carbons (Fsp3) is 0.350. The molecular formula is C20H23NO. The first kappa shape index (κ1) is 15.0. The lowest BCUT2D eigenvalue weighted by Crippen LogP contribution is -2.42. The van der Waals surface area contributed by atoms with E-state index in [2.05, 4.69) is 37.2 Å². The maximum absolute atomic E-state index is 13.3. The molecule has 2 nitrogen and oxygen atoms in total. The Kier molecular flexibility index (Phi) is 4.12. The van der Waals surface area contributed by atoms with Crippen LogP contribution in [0.4, 0.5) is 0 Å². The van der Waals surface area contributed by atoms with Gasteiger partial charge in [0.2, 0.25) is 0 Å². The van der Waals surface area contributed by atoms with Gasteiger partial charge in [-0.25, -0.2) is 0 Å². The maximum atomic E-state index is 13.3. The van der Waals surface area contributed by atoms with Crippen molar-refractivity contribution in [3.63, 3.8) is 0 Å². The van der Waals surface area contributed by atoms with Crippen LogP contribution in [0.2, 0.25) is 0 Å². The monoisotopic (exact) mass is 293 g/mol. The first-order valence-electron chi connectivity index (χ1n) is 7.96. The topological polar surface area (TPSA) is 20.3 Å². The van der Waals surface area contributed by atoms with Gasteiger partial charge >= 0.3 is 0 Å². The van der Waals surface area contributed by atoms with E-state index in [-0.39, 0.29) is 5.41 Å². The van der Waals surface area contributed by atoms with E-state index in [4.69, 9.17) is 0 Å². The molecule has 22 heavy (non-hydrogen) atoms. The summed E-state index contributed by atoms with van der Waals surface area (Å²) in [6.07, 6.45) is 2.75. The second kappa shape index (κ2) is 6.05. The van der Waals surface area contributed by atoms with Gasteiger partial charge in [-0.15, -0.1) is 0 Å². The molecule has 3 rings (SSSR count). The van der Waals surface area contributed by atoms with Gasteiger partial charge < -0.3 is 4.90 Å². The van der Waals surface area contributed by atoms with Gasteiger partial charge in [0.25, 0.3) is 0 Å². The Balaban J connectivity index is 2.06. The fourth-order valence-corrected chi connectivity index (χ4v) is 3.51. The summed E-state index contributed by atoms with van der Waals surface area (Å²) in [5, 5.41) is 0. The van der Waals surface area contributed by atoms with Gasteiger partial charge in [0, 0.05) is 5.56 Å². The molecule has 2 aromatic carbocycles. The van der Waals surface area contributed by atoms with Crippen molar-refractivity contribution >= 4 is 5.78 Å². The number of hydrogen-bond donors (Lipinski definition) is 0. The second-order valence-corrected chi connectivity index (χ2v) is 6.49. The molecule has 0 saturated carbocycles. The molecule has 0 unspecified atom stereocenters. The second-order valence-electron chi connectivity index (χ2n) is 6.49. The molecule has 0 fully saturated rings. The average Bonchev–Trinajstić information content (AvgIpc) is 2.56. The first-order valence-corrected chi connectivity index (χ1v) is 7.96. The minimum atomic E-state index is -0.375. The van der Waals surface area contributed by atoms with Crippen LogP contribution < -0.4 is 0 Å². The number of aryl methyl sites for hydroxylation is 1. The Bertz CT molecular complexity index is 662. The lowest BCUT2D eigenvalue weighted by atomic mass is 9.64. The number of fused-ring (bicyclic) bond motifs is 1. The van der Waals surface area contributed by atoms with Crippen LogP contribution in [0, 0.1) is 0 Å². The van der Waals surface area contributed by atoms with Crippen LogP contribution in [0.5, 0.6) is 0 Å². The lowest BCUT2D eigenvalue weighted by Gasteiger charge is -2.38. The molecule has 2 heteroatoms. The van der Waals surface area contributed by atoms with Crippen LogP contribution in [0.25, 0.3) is 0 Å². The molecule has 1 aliphatic rings. The highest BCUT2D eigenvalue weighted by atomic mass is 16.1. The Hall–Kier alpha value is -1.93. The Morgan fingerprint density at radius 1 is 1.00 bits per heavy atom. The summed E-state index contributed by atoms with van der Waals surface area (Å²) in [6, 6.07) is 18.4. The zero-order valence-electron chi connectivity index (χ0n) is 13.4. The van der Waals surface area contributed by atoms with Crippen LogP contribution in [-0.2, 0) is 11.8 Å². The zero-order chi connectivity index (χ0) is 15.6. The van der Waals surface area contributed by atoms with E-state index in [1.807, 2.05) is 36.4 Å². The van der Waals surface area contributed by atoms with Gasteiger partial charge in [0.05, 0.1) is 5.41 Å². The summed E-state index contributed by atoms with van der Waals surface area (Å²) in [4.78, 5) is 15.5. The predicted octanol–water partition coefficient (Wildman–Crippen LogP) is 3.71. The van der Waals surface area contributed by atoms with Gasteiger partial charge in [0.1, 0.15) is 0 Å². The van der Waals surface area contributed by atoms with Gasteiger partial charge in [-0.3, -0.25) is 4.79 Å². The van der Waals surface area contributed by atoms with E-state index in [9.17, 15) is 4.79 Å². The van der Waals surface area contributed by atoms with E-state index < -0.39 is 0 Å². The van der Waals surface area contributed by atoms with E-state index in [1.165, 1.54) is 5.56 Å². The molecule has 1 atom stereocenters. The van der Waals surface area contributed by atoms with E-state index >= 15 is 0 Å². The molecular weight excluding hydrogens is 270 g/mol. The van der Waals surface area contributed by atoms with Crippen LogP contribution >= 0.6 is 0 Å². The van der Waals surface area contributed by atoms with Crippen molar-refractivity contribution in [3.8, 4) is 0 Å². The quantitative estimate of drug-likeness (QED) is 0.856. The molecule has 0 bridgehead atoms. The number of carbonyl (C=O) groups excluding carboxylic acids is 1. The Morgan fingerprint density at radius 2 is 1.68 bits per heavy atom. The number of hydrogen-bond acceptors (Lipinski definition) is 2. The molecule has 1 aliphatic carbocycles. The summed E-state index contributed by atoms with van der Waals surface area (Å²) in [5.41, 5.74) is 2.90. The van der Waals surface area contributed by atoms with Gasteiger partial charge in [-0.1, -0.05) is 54.6 Å². The van der Waals surface area contributed by atoms with Gasteiger partial charge in [-0.2, -0.15) is 0 Å². The summed E-state index contributed by atoms with van der Waals surface area (Å²) in [6.45, 7) is 0.919. The van der Waals surface area contributed by atoms with Gasteiger partial charge in [0.15, 0.2) is 5.78 Å². The molecule has 0 radical (unpaired) electrons. The Morgan fingerprint density at radius 3 is 2.41 bits per heavy atom. The summed E-state index contributed by atoms with van der Waals surface area (Å²) >= 11 is 0. The normalized spacial score (nSPS) is 21.0. The molecule has 0 aliphatic heterocycles. The number of rotatable bonds is 4. The number of nitrogens with zero attached hydrogens (tertiary/aromatic N) is 1. The van der Waals surface area contributed by atoms with Crippen molar-refractivity contribution in [2.75, 3.05) is 20.6 Å². The molecule has 0 aromatic heterocycles. The summed E-state index contributed by atoms with van der Waals surface area (Å²) in [5.74, 6) is 0.294. The molecule has 0 saturated heterocycles. The molecule has 114 valence electrons. The summed E-state index contributed by atoms with van der Waals surface area (Å²) in [7, 11) is 4.14. The van der Waals surface area contributed by atoms with Crippen LogP contribution in [0.15, 0.2) is 54.6 Å². The van der Waals surface area contributed by atoms with E-state index in [0.29, 0.717) is 5.78 Å². The largest absolute Gasteiger partial charge is 0.309 e. The molecule has 0 amide bonds. The number of ketones is 1. The average molecular weight is 293 g/mol. The van der Waals surface area contributed by atoms with Crippen molar-refractivity contribution < 1.29 is 4.79 Å². The third-order valence-electron chi connectivity index (χ3n) is 4.83. The van der Waals surface area contributed by atoms with Crippen molar-refractivity contribution in [3.05, 3.63) is 71.3 Å². The zero-order valence-corrected chi connectivity index (χ0v) is 13.4. The molecule has 2 aromatic rings. The van der Waals surface area contributed by atoms with Crippen molar-refractivity contribution in [1.82, 2.24) is 4.90 Å². The Labute approximate surface area is 132 Å². The SMILES string of the molecule is CN(C)CC[C@]1(c2ccccc2)CCc2ccccc2C1=O.